The maximum atomic E-state index is 13.3. The number of nitro groups is 1. The van der Waals surface area contributed by atoms with Crippen molar-refractivity contribution < 1.29 is 43.4 Å². The summed E-state index contributed by atoms with van der Waals surface area (Å²) in [5, 5.41) is 23.9. The summed E-state index contributed by atoms with van der Waals surface area (Å²) in [4.78, 5) is 61.4. The van der Waals surface area contributed by atoms with Gasteiger partial charge in [0.05, 0.1) is 28.8 Å². The summed E-state index contributed by atoms with van der Waals surface area (Å²) in [6.07, 6.45) is -4.60. The van der Waals surface area contributed by atoms with E-state index < -0.39 is 46.6 Å². The Morgan fingerprint density at radius 3 is 1.77 bits per heavy atom. The molecule has 0 heterocycles. The molecule has 3 aromatic carbocycles. The predicted octanol–water partition coefficient (Wildman–Crippen LogP) is 4.38. The van der Waals surface area contributed by atoms with Crippen LogP contribution in [0.2, 0.25) is 10.0 Å². The van der Waals surface area contributed by atoms with Crippen molar-refractivity contribution in [3.63, 3.8) is 0 Å². The molecule has 0 spiro atoms. The number of nitrogens with zero attached hydrogens (tertiary/aromatic N) is 1. The van der Waals surface area contributed by atoms with E-state index in [0.717, 1.165) is 12.1 Å². The van der Waals surface area contributed by atoms with Crippen molar-refractivity contribution in [1.82, 2.24) is 0 Å². The zero-order valence-electron chi connectivity index (χ0n) is 19.8. The van der Waals surface area contributed by atoms with Crippen LogP contribution in [0, 0.1) is 10.1 Å². The van der Waals surface area contributed by atoms with Gasteiger partial charge in [0.1, 0.15) is 5.75 Å². The number of carboxylic acids is 1. The number of amides is 1. The van der Waals surface area contributed by atoms with Crippen molar-refractivity contribution >= 4 is 58.4 Å². The Balaban J connectivity index is 1.98. The lowest BCUT2D eigenvalue weighted by molar-refractivity contribution is -0.384. The van der Waals surface area contributed by atoms with E-state index in [1.807, 2.05) is 0 Å². The molecule has 12 nitrogen and oxygen atoms in total. The largest absolute Gasteiger partial charge is 0.495 e. The molecule has 2 atom stereocenters. The van der Waals surface area contributed by atoms with E-state index in [2.05, 4.69) is 5.32 Å². The van der Waals surface area contributed by atoms with Gasteiger partial charge in [-0.05, 0) is 54.6 Å². The molecule has 0 fully saturated rings. The highest BCUT2D eigenvalue weighted by Crippen LogP contribution is 2.29. The Kier molecular flexibility index (Phi) is 9.42. The van der Waals surface area contributed by atoms with Gasteiger partial charge in [-0.1, -0.05) is 23.2 Å². The Labute approximate surface area is 230 Å². The van der Waals surface area contributed by atoms with Crippen molar-refractivity contribution in [3.05, 3.63) is 98.0 Å². The van der Waals surface area contributed by atoms with Gasteiger partial charge in [0.2, 0.25) is 12.2 Å². The Hall–Kier alpha value is -4.68. The lowest BCUT2D eigenvalue weighted by Gasteiger charge is -2.24. The highest BCUT2D eigenvalue weighted by Gasteiger charge is 2.41. The van der Waals surface area contributed by atoms with E-state index >= 15 is 0 Å². The molecule has 0 aliphatic heterocycles. The molecule has 0 aliphatic carbocycles. The van der Waals surface area contributed by atoms with Gasteiger partial charge in [0.25, 0.3) is 11.6 Å². The van der Waals surface area contributed by atoms with Crippen LogP contribution in [0.3, 0.4) is 0 Å². The second-order valence-corrected chi connectivity index (χ2v) is 8.51. The topological polar surface area (TPSA) is 171 Å². The van der Waals surface area contributed by atoms with Crippen LogP contribution in [0.1, 0.15) is 20.7 Å². The van der Waals surface area contributed by atoms with Crippen LogP contribution < -0.4 is 10.1 Å². The zero-order chi connectivity index (χ0) is 28.7. The number of hydrogen-bond donors (Lipinski definition) is 2. The summed E-state index contributed by atoms with van der Waals surface area (Å²) in [5.41, 5.74) is -0.866. The minimum absolute atomic E-state index is 0.0261. The van der Waals surface area contributed by atoms with E-state index in [1.165, 1.54) is 61.7 Å². The van der Waals surface area contributed by atoms with E-state index in [0.29, 0.717) is 10.0 Å². The van der Waals surface area contributed by atoms with Gasteiger partial charge in [0, 0.05) is 22.2 Å². The summed E-state index contributed by atoms with van der Waals surface area (Å²) in [7, 11) is 1.23. The van der Waals surface area contributed by atoms with Crippen LogP contribution in [0.5, 0.6) is 5.75 Å². The number of non-ortho nitro benzene ring substituents is 1. The summed E-state index contributed by atoms with van der Waals surface area (Å²) in [5.74, 6) is -5.44. The predicted molar refractivity (Wildman–Crippen MR) is 137 cm³/mol. The van der Waals surface area contributed by atoms with Crippen LogP contribution in [0.15, 0.2) is 66.7 Å². The average molecular weight is 577 g/mol. The maximum absolute atomic E-state index is 13.3. The normalized spacial score (nSPS) is 12.0. The number of hydrogen-bond acceptors (Lipinski definition) is 9. The number of anilines is 1. The van der Waals surface area contributed by atoms with E-state index in [4.69, 9.17) is 37.4 Å². The number of carbonyl (C=O) groups is 4. The lowest BCUT2D eigenvalue weighted by atomic mass is 10.1. The number of nitro benzene ring substituents is 1. The summed E-state index contributed by atoms with van der Waals surface area (Å²) < 4.78 is 15.3. The second kappa shape index (κ2) is 12.7. The highest BCUT2D eigenvalue weighted by atomic mass is 35.5. The van der Waals surface area contributed by atoms with Gasteiger partial charge in [-0.2, -0.15) is 0 Å². The van der Waals surface area contributed by atoms with Gasteiger partial charge in [0.15, 0.2) is 0 Å². The van der Waals surface area contributed by atoms with E-state index in [-0.39, 0.29) is 22.6 Å². The summed E-state index contributed by atoms with van der Waals surface area (Å²) >= 11 is 11.6. The van der Waals surface area contributed by atoms with E-state index in [9.17, 15) is 34.4 Å². The van der Waals surface area contributed by atoms with Gasteiger partial charge >= 0.3 is 17.9 Å². The van der Waals surface area contributed by atoms with Gasteiger partial charge in [-0.3, -0.25) is 14.9 Å². The van der Waals surface area contributed by atoms with Crippen molar-refractivity contribution in [3.8, 4) is 5.75 Å². The molecule has 0 unspecified atom stereocenters. The van der Waals surface area contributed by atoms with Crippen molar-refractivity contribution in [2.45, 2.75) is 12.2 Å². The number of carbonyl (C=O) groups excluding carboxylic acids is 3. The standard InChI is InChI=1S/C25H18Cl2N2O10/c1-37-19-11-10-17(29(35)36)12-18(19)28-22(30)20(38-24(33)13-2-6-15(26)7-3-13)21(23(31)32)39-25(34)14-4-8-16(27)9-5-14/h2-12,20-21H,1H3,(H,28,30)(H,31,32)/t20-,21+/m0/s1. The van der Waals surface area contributed by atoms with Crippen LogP contribution in [0.25, 0.3) is 0 Å². The first-order chi connectivity index (χ1) is 18.5. The average Bonchev–Trinajstić information content (AvgIpc) is 2.90. The zero-order valence-corrected chi connectivity index (χ0v) is 21.3. The molecule has 1 amide bonds. The Morgan fingerprint density at radius 1 is 0.846 bits per heavy atom. The van der Waals surface area contributed by atoms with Gasteiger partial charge < -0.3 is 24.6 Å². The number of carboxylic acid groups (broad SMARTS) is 1. The van der Waals surface area contributed by atoms with Crippen LogP contribution in [-0.4, -0.2) is 53.2 Å². The summed E-state index contributed by atoms with van der Waals surface area (Å²) in [6.45, 7) is 0. The lowest BCUT2D eigenvalue weighted by Crippen LogP contribution is -2.48. The molecular weight excluding hydrogens is 559 g/mol. The molecule has 3 rings (SSSR count). The number of halogens is 2. The molecule has 0 aliphatic rings. The molecule has 2 N–H and O–H groups in total. The maximum Gasteiger partial charge on any atom is 0.349 e. The number of rotatable bonds is 10. The van der Waals surface area contributed by atoms with Gasteiger partial charge in [-0.15, -0.1) is 0 Å². The van der Waals surface area contributed by atoms with Crippen molar-refractivity contribution in [2.75, 3.05) is 12.4 Å². The monoisotopic (exact) mass is 576 g/mol. The quantitative estimate of drug-likeness (QED) is 0.200. The van der Waals surface area contributed by atoms with Crippen molar-refractivity contribution in [1.29, 1.82) is 0 Å². The first-order valence-electron chi connectivity index (χ1n) is 10.8. The fourth-order valence-electron chi connectivity index (χ4n) is 3.14. The molecule has 0 saturated carbocycles. The number of methoxy groups -OCH3 is 1. The Bertz CT molecular complexity index is 1410. The highest BCUT2D eigenvalue weighted by molar-refractivity contribution is 6.31. The minimum Gasteiger partial charge on any atom is -0.495 e. The number of ether oxygens (including phenoxy) is 3. The molecule has 202 valence electrons. The smallest absolute Gasteiger partial charge is 0.349 e. The van der Waals surface area contributed by atoms with Crippen LogP contribution in [-0.2, 0) is 19.1 Å². The molecule has 0 bridgehead atoms. The minimum atomic E-state index is -2.34. The number of nitrogens with one attached hydrogen (secondary N) is 1. The molecule has 0 aromatic heterocycles. The van der Waals surface area contributed by atoms with Gasteiger partial charge in [-0.25, -0.2) is 14.4 Å². The first kappa shape index (κ1) is 28.9. The molecule has 0 radical (unpaired) electrons. The summed E-state index contributed by atoms with van der Waals surface area (Å²) in [6, 6.07) is 13.7. The number of benzene rings is 3. The molecule has 3 aromatic rings. The van der Waals surface area contributed by atoms with E-state index in [1.54, 1.807) is 0 Å². The molecule has 39 heavy (non-hydrogen) atoms. The molecular formula is C25H18Cl2N2O10. The second-order valence-electron chi connectivity index (χ2n) is 7.63. The Morgan fingerprint density at radius 2 is 1.33 bits per heavy atom. The SMILES string of the molecule is COc1ccc([N+](=O)[O-])cc1NC(=O)[C@@H](OC(=O)c1ccc(Cl)cc1)[C@@H](OC(=O)c1ccc(Cl)cc1)C(=O)O. The van der Waals surface area contributed by atoms with Crippen LogP contribution >= 0.6 is 23.2 Å². The third-order valence-electron chi connectivity index (χ3n) is 5.06. The fraction of sp³-hybridized carbons (Fsp3) is 0.120. The number of aliphatic carboxylic acids is 1. The third-order valence-corrected chi connectivity index (χ3v) is 5.56. The van der Waals surface area contributed by atoms with Crippen molar-refractivity contribution in [2.24, 2.45) is 0 Å². The van der Waals surface area contributed by atoms with Crippen LogP contribution in [0.4, 0.5) is 11.4 Å². The molecule has 0 saturated heterocycles. The first-order valence-corrected chi connectivity index (χ1v) is 11.5. The third kappa shape index (κ3) is 7.43. The fourth-order valence-corrected chi connectivity index (χ4v) is 3.40. The molecule has 14 heteroatoms. The number of esters is 2.